The van der Waals surface area contributed by atoms with Gasteiger partial charge in [0.1, 0.15) is 0 Å². The number of benzene rings is 1. The maximum Gasteiger partial charge on any atom is 0.332 e. The van der Waals surface area contributed by atoms with Crippen molar-refractivity contribution in [1.82, 2.24) is 23.6 Å². The number of amides is 1. The molecule has 0 aliphatic heterocycles. The third-order valence-corrected chi connectivity index (χ3v) is 5.72. The minimum absolute atomic E-state index is 0.124. The van der Waals surface area contributed by atoms with E-state index < -0.39 is 5.69 Å². The number of aryl methyl sites for hydroxylation is 2. The smallest absolute Gasteiger partial charge is 0.332 e. The van der Waals surface area contributed by atoms with E-state index >= 15 is 0 Å². The lowest BCUT2D eigenvalue weighted by Crippen LogP contribution is -2.38. The van der Waals surface area contributed by atoms with Crippen LogP contribution in [-0.2, 0) is 31.9 Å². The predicted molar refractivity (Wildman–Crippen MR) is 121 cm³/mol. The Bertz CT molecular complexity index is 1170. The van der Waals surface area contributed by atoms with Gasteiger partial charge >= 0.3 is 5.69 Å². The summed E-state index contributed by atoms with van der Waals surface area (Å²) in [6.07, 6.45) is 4.69. The molecule has 2 aromatic heterocycles. The molecule has 0 aliphatic carbocycles. The van der Waals surface area contributed by atoms with Gasteiger partial charge in [0, 0.05) is 40.2 Å². The van der Waals surface area contributed by atoms with Crippen LogP contribution in [0.4, 0.5) is 0 Å². The van der Waals surface area contributed by atoms with E-state index in [2.05, 4.69) is 43.1 Å². The molecule has 0 saturated heterocycles. The second-order valence-electron chi connectivity index (χ2n) is 8.04. The summed E-state index contributed by atoms with van der Waals surface area (Å²) in [5, 5.41) is 0. The van der Waals surface area contributed by atoms with Gasteiger partial charge in [0.2, 0.25) is 5.91 Å². The van der Waals surface area contributed by atoms with Crippen molar-refractivity contribution in [3.63, 3.8) is 0 Å². The summed E-state index contributed by atoms with van der Waals surface area (Å²) in [5.74, 6) is 0.124. The average molecular weight is 426 g/mol. The molecule has 1 amide bonds. The standard InChI is InChI=1S/C23H31N5O3/c1-5-6-7-19(29)27(13-12-18-10-8-17(2)9-11-18)14-15-28-16-24-21-20(28)22(30)26(4)23(31)25(21)3/h8-11,16H,5-7,12-15H2,1-4H3. The third kappa shape index (κ3) is 4.95. The minimum atomic E-state index is -0.405. The van der Waals surface area contributed by atoms with E-state index in [0.29, 0.717) is 37.2 Å². The zero-order valence-electron chi connectivity index (χ0n) is 18.8. The van der Waals surface area contributed by atoms with Crippen molar-refractivity contribution in [2.75, 3.05) is 13.1 Å². The van der Waals surface area contributed by atoms with E-state index in [0.717, 1.165) is 23.8 Å². The molecule has 0 atom stereocenters. The zero-order valence-corrected chi connectivity index (χ0v) is 18.8. The summed E-state index contributed by atoms with van der Waals surface area (Å²) in [6, 6.07) is 8.35. The van der Waals surface area contributed by atoms with E-state index in [9.17, 15) is 14.4 Å². The maximum atomic E-state index is 12.8. The first-order valence-electron chi connectivity index (χ1n) is 10.8. The summed E-state index contributed by atoms with van der Waals surface area (Å²) in [7, 11) is 3.06. The fourth-order valence-electron chi connectivity index (χ4n) is 3.66. The van der Waals surface area contributed by atoms with Crippen LogP contribution in [0, 0.1) is 6.92 Å². The first kappa shape index (κ1) is 22.5. The van der Waals surface area contributed by atoms with E-state index in [1.54, 1.807) is 17.9 Å². The van der Waals surface area contributed by atoms with Gasteiger partial charge in [0.25, 0.3) is 5.56 Å². The summed E-state index contributed by atoms with van der Waals surface area (Å²) < 4.78 is 4.19. The second-order valence-corrected chi connectivity index (χ2v) is 8.04. The topological polar surface area (TPSA) is 82.1 Å². The number of aromatic nitrogens is 4. The Morgan fingerprint density at radius 3 is 2.45 bits per heavy atom. The van der Waals surface area contributed by atoms with Crippen LogP contribution in [0.15, 0.2) is 40.2 Å². The van der Waals surface area contributed by atoms with Crippen molar-refractivity contribution in [3.8, 4) is 0 Å². The number of rotatable bonds is 9. The Hall–Kier alpha value is -3.16. The minimum Gasteiger partial charge on any atom is -0.341 e. The first-order chi connectivity index (χ1) is 14.8. The number of hydrogen-bond donors (Lipinski definition) is 0. The summed E-state index contributed by atoms with van der Waals surface area (Å²) >= 11 is 0. The second kappa shape index (κ2) is 9.76. The van der Waals surface area contributed by atoms with Crippen molar-refractivity contribution in [2.24, 2.45) is 14.1 Å². The van der Waals surface area contributed by atoms with Gasteiger partial charge in [-0.3, -0.25) is 18.7 Å². The molecular weight excluding hydrogens is 394 g/mol. The van der Waals surface area contributed by atoms with Gasteiger partial charge in [-0.25, -0.2) is 9.78 Å². The SMILES string of the molecule is CCCCC(=O)N(CCc1ccc(C)cc1)CCn1cnc2c1c(=O)n(C)c(=O)n2C. The van der Waals surface area contributed by atoms with Gasteiger partial charge in [-0.1, -0.05) is 43.2 Å². The molecule has 166 valence electrons. The van der Waals surface area contributed by atoms with Crippen molar-refractivity contribution < 1.29 is 4.79 Å². The highest BCUT2D eigenvalue weighted by Gasteiger charge is 2.17. The van der Waals surface area contributed by atoms with Crippen LogP contribution in [0.1, 0.15) is 37.3 Å². The molecule has 31 heavy (non-hydrogen) atoms. The molecule has 3 rings (SSSR count). The Balaban J connectivity index is 1.79. The maximum absolute atomic E-state index is 12.8. The van der Waals surface area contributed by atoms with Gasteiger partial charge in [0.15, 0.2) is 11.2 Å². The lowest BCUT2D eigenvalue weighted by atomic mass is 10.1. The van der Waals surface area contributed by atoms with E-state index in [1.807, 2.05) is 4.90 Å². The molecule has 3 aromatic rings. The van der Waals surface area contributed by atoms with Crippen LogP contribution in [0.3, 0.4) is 0 Å². The van der Waals surface area contributed by atoms with E-state index in [1.165, 1.54) is 22.7 Å². The Morgan fingerprint density at radius 1 is 1.06 bits per heavy atom. The molecule has 8 heteroatoms. The summed E-state index contributed by atoms with van der Waals surface area (Å²) in [5.41, 5.74) is 2.36. The van der Waals surface area contributed by atoms with E-state index in [-0.39, 0.29) is 11.5 Å². The number of fused-ring (bicyclic) bond motifs is 1. The number of hydrogen-bond acceptors (Lipinski definition) is 4. The Morgan fingerprint density at radius 2 is 1.77 bits per heavy atom. The van der Waals surface area contributed by atoms with Gasteiger partial charge in [-0.15, -0.1) is 0 Å². The number of nitrogens with zero attached hydrogens (tertiary/aromatic N) is 5. The van der Waals surface area contributed by atoms with Gasteiger partial charge in [-0.05, 0) is 25.3 Å². The molecule has 0 saturated carbocycles. The van der Waals surface area contributed by atoms with Gasteiger partial charge in [-0.2, -0.15) is 0 Å². The fourth-order valence-corrected chi connectivity index (χ4v) is 3.66. The average Bonchev–Trinajstić information content (AvgIpc) is 3.20. The highest BCUT2D eigenvalue weighted by Crippen LogP contribution is 2.10. The zero-order chi connectivity index (χ0) is 22.5. The van der Waals surface area contributed by atoms with Crippen LogP contribution in [0.2, 0.25) is 0 Å². The highest BCUT2D eigenvalue weighted by molar-refractivity contribution is 5.76. The lowest BCUT2D eigenvalue weighted by molar-refractivity contribution is -0.131. The molecule has 0 N–H and O–H groups in total. The van der Waals surface area contributed by atoms with Crippen LogP contribution in [-0.4, -0.2) is 42.6 Å². The molecule has 0 spiro atoms. The lowest BCUT2D eigenvalue weighted by Gasteiger charge is -2.23. The Kier molecular flexibility index (Phi) is 7.09. The quantitative estimate of drug-likeness (QED) is 0.525. The van der Waals surface area contributed by atoms with Crippen molar-refractivity contribution in [3.05, 3.63) is 62.6 Å². The number of unbranched alkanes of at least 4 members (excludes halogenated alkanes) is 1. The predicted octanol–water partition coefficient (Wildman–Crippen LogP) is 2.00. The number of carbonyl (C=O) groups is 1. The first-order valence-corrected chi connectivity index (χ1v) is 10.8. The van der Waals surface area contributed by atoms with Crippen LogP contribution < -0.4 is 11.2 Å². The van der Waals surface area contributed by atoms with Crippen LogP contribution in [0.5, 0.6) is 0 Å². The molecule has 0 aliphatic rings. The molecule has 0 unspecified atom stereocenters. The Labute approximate surface area is 181 Å². The van der Waals surface area contributed by atoms with Crippen molar-refractivity contribution in [2.45, 2.75) is 46.1 Å². The molecule has 1 aromatic carbocycles. The summed E-state index contributed by atoms with van der Waals surface area (Å²) in [6.45, 7) is 5.66. The van der Waals surface area contributed by atoms with Crippen LogP contribution in [0.25, 0.3) is 11.2 Å². The number of carbonyl (C=O) groups excluding carboxylic acids is 1. The molecular formula is C23H31N5O3. The molecule has 0 radical (unpaired) electrons. The number of imidazole rings is 1. The van der Waals surface area contributed by atoms with Crippen molar-refractivity contribution >= 4 is 17.1 Å². The molecule has 2 heterocycles. The summed E-state index contributed by atoms with van der Waals surface area (Å²) in [4.78, 5) is 43.7. The monoisotopic (exact) mass is 425 g/mol. The van der Waals surface area contributed by atoms with Crippen molar-refractivity contribution in [1.29, 1.82) is 0 Å². The molecule has 0 fully saturated rings. The molecule has 0 bridgehead atoms. The third-order valence-electron chi connectivity index (χ3n) is 5.72. The highest BCUT2D eigenvalue weighted by atomic mass is 16.2. The molecule has 8 nitrogen and oxygen atoms in total. The normalized spacial score (nSPS) is 11.2. The fraction of sp³-hybridized carbons (Fsp3) is 0.478. The van der Waals surface area contributed by atoms with Gasteiger partial charge < -0.3 is 9.47 Å². The van der Waals surface area contributed by atoms with Crippen LogP contribution >= 0.6 is 0 Å². The largest absolute Gasteiger partial charge is 0.341 e. The van der Waals surface area contributed by atoms with Gasteiger partial charge in [0.05, 0.1) is 6.33 Å². The van der Waals surface area contributed by atoms with E-state index in [4.69, 9.17) is 0 Å².